The molecule has 0 spiro atoms. The summed E-state index contributed by atoms with van der Waals surface area (Å²) >= 11 is 5.78. The highest BCUT2D eigenvalue weighted by Crippen LogP contribution is 2.41. The number of para-hydroxylation sites is 1. The predicted molar refractivity (Wildman–Crippen MR) is 58.4 cm³/mol. The monoisotopic (exact) mass is 265 g/mol. The summed E-state index contributed by atoms with van der Waals surface area (Å²) in [4.78, 5) is 0. The molecule has 1 aliphatic rings. The summed E-state index contributed by atoms with van der Waals surface area (Å²) in [5, 5.41) is 2.93. The van der Waals surface area contributed by atoms with Crippen molar-refractivity contribution in [1.29, 1.82) is 0 Å². The van der Waals surface area contributed by atoms with Crippen molar-refractivity contribution in [2.24, 2.45) is 0 Å². The zero-order chi connectivity index (χ0) is 12.7. The minimum atomic E-state index is -4.46. The van der Waals surface area contributed by atoms with Crippen LogP contribution in [0.15, 0.2) is 18.2 Å². The first-order chi connectivity index (χ1) is 7.82. The Morgan fingerprint density at radius 2 is 2.00 bits per heavy atom. The van der Waals surface area contributed by atoms with Gasteiger partial charge in [0.05, 0.1) is 10.6 Å². The standard InChI is InChI=1S/C11H11ClF3NO/c1-10(5-16-6-10)17-9-7(11(13,14)15)3-2-4-8(9)12/h2-4,16H,5-6H2,1H3. The van der Waals surface area contributed by atoms with Crippen molar-refractivity contribution in [1.82, 2.24) is 5.32 Å². The summed E-state index contributed by atoms with van der Waals surface area (Å²) in [6, 6.07) is 3.62. The van der Waals surface area contributed by atoms with E-state index in [0.717, 1.165) is 6.07 Å². The Labute approximate surface area is 102 Å². The fraction of sp³-hybridized carbons (Fsp3) is 0.455. The minimum absolute atomic E-state index is 0.0204. The van der Waals surface area contributed by atoms with Crippen molar-refractivity contribution < 1.29 is 17.9 Å². The summed E-state index contributed by atoms with van der Waals surface area (Å²) in [6.07, 6.45) is -4.46. The van der Waals surface area contributed by atoms with Gasteiger partial charge < -0.3 is 10.1 Å². The fourth-order valence-electron chi connectivity index (χ4n) is 1.63. The largest absolute Gasteiger partial charge is 0.483 e. The van der Waals surface area contributed by atoms with Gasteiger partial charge in [-0.05, 0) is 19.1 Å². The molecular weight excluding hydrogens is 255 g/mol. The summed E-state index contributed by atoms with van der Waals surface area (Å²) < 4.78 is 43.7. The fourth-order valence-corrected chi connectivity index (χ4v) is 1.84. The summed E-state index contributed by atoms with van der Waals surface area (Å²) in [5.41, 5.74) is -1.46. The minimum Gasteiger partial charge on any atom is -0.483 e. The van der Waals surface area contributed by atoms with Gasteiger partial charge in [0.25, 0.3) is 0 Å². The van der Waals surface area contributed by atoms with Crippen LogP contribution in [-0.2, 0) is 6.18 Å². The van der Waals surface area contributed by atoms with Crippen LogP contribution in [0, 0.1) is 0 Å². The van der Waals surface area contributed by atoms with Gasteiger partial charge in [-0.1, -0.05) is 17.7 Å². The van der Waals surface area contributed by atoms with Crippen LogP contribution in [0.3, 0.4) is 0 Å². The molecule has 6 heteroatoms. The third-order valence-corrected chi connectivity index (χ3v) is 2.92. The molecule has 94 valence electrons. The van der Waals surface area contributed by atoms with Gasteiger partial charge >= 0.3 is 6.18 Å². The topological polar surface area (TPSA) is 21.3 Å². The SMILES string of the molecule is CC1(Oc2c(Cl)cccc2C(F)(F)F)CNC1. The van der Waals surface area contributed by atoms with Crippen LogP contribution in [0.2, 0.25) is 5.02 Å². The molecule has 1 heterocycles. The Morgan fingerprint density at radius 1 is 1.35 bits per heavy atom. The Kier molecular flexibility index (Phi) is 2.99. The van der Waals surface area contributed by atoms with E-state index in [1.165, 1.54) is 12.1 Å². The molecule has 1 N–H and O–H groups in total. The van der Waals surface area contributed by atoms with E-state index in [1.54, 1.807) is 6.92 Å². The van der Waals surface area contributed by atoms with Crippen molar-refractivity contribution in [3.8, 4) is 5.75 Å². The van der Waals surface area contributed by atoms with Crippen molar-refractivity contribution in [3.63, 3.8) is 0 Å². The average Bonchev–Trinajstić information content (AvgIpc) is 2.17. The van der Waals surface area contributed by atoms with Crippen LogP contribution in [0.5, 0.6) is 5.75 Å². The lowest BCUT2D eigenvalue weighted by atomic mass is 9.99. The van der Waals surface area contributed by atoms with Crippen molar-refractivity contribution in [2.45, 2.75) is 18.7 Å². The van der Waals surface area contributed by atoms with Gasteiger partial charge in [0.15, 0.2) is 5.75 Å². The predicted octanol–water partition coefficient (Wildman–Crippen LogP) is 3.10. The molecule has 1 aromatic carbocycles. The third-order valence-electron chi connectivity index (χ3n) is 2.62. The second-order valence-electron chi connectivity index (χ2n) is 4.27. The molecule has 1 fully saturated rings. The van der Waals surface area contributed by atoms with Gasteiger partial charge in [-0.25, -0.2) is 0 Å². The van der Waals surface area contributed by atoms with Gasteiger partial charge in [-0.15, -0.1) is 0 Å². The maximum atomic E-state index is 12.8. The van der Waals surface area contributed by atoms with Crippen LogP contribution >= 0.6 is 11.6 Å². The molecule has 0 saturated carbocycles. The highest BCUT2D eigenvalue weighted by molar-refractivity contribution is 6.32. The zero-order valence-electron chi connectivity index (χ0n) is 9.07. The lowest BCUT2D eigenvalue weighted by Crippen LogP contribution is -2.61. The summed E-state index contributed by atoms with van der Waals surface area (Å²) in [7, 11) is 0. The van der Waals surface area contributed by atoms with Gasteiger partial charge in [0, 0.05) is 13.1 Å². The van der Waals surface area contributed by atoms with E-state index in [2.05, 4.69) is 5.32 Å². The van der Waals surface area contributed by atoms with Gasteiger partial charge in [-0.2, -0.15) is 13.2 Å². The molecule has 0 unspecified atom stereocenters. The lowest BCUT2D eigenvalue weighted by molar-refractivity contribution is -0.140. The van der Waals surface area contributed by atoms with E-state index in [9.17, 15) is 13.2 Å². The van der Waals surface area contributed by atoms with Gasteiger partial charge in [0.2, 0.25) is 0 Å². The molecule has 0 aliphatic carbocycles. The van der Waals surface area contributed by atoms with E-state index < -0.39 is 17.3 Å². The van der Waals surface area contributed by atoms with Crippen molar-refractivity contribution in [2.75, 3.05) is 13.1 Å². The Bertz CT molecular complexity index is 429. The molecule has 0 atom stereocenters. The van der Waals surface area contributed by atoms with Crippen LogP contribution in [0.4, 0.5) is 13.2 Å². The van der Waals surface area contributed by atoms with E-state index >= 15 is 0 Å². The molecule has 2 rings (SSSR count). The number of hydrogen-bond donors (Lipinski definition) is 1. The Hall–Kier alpha value is -0.940. The second kappa shape index (κ2) is 4.07. The highest BCUT2D eigenvalue weighted by atomic mass is 35.5. The number of halogens is 4. The van der Waals surface area contributed by atoms with Crippen molar-refractivity contribution >= 4 is 11.6 Å². The van der Waals surface area contributed by atoms with Crippen LogP contribution in [0.1, 0.15) is 12.5 Å². The molecule has 1 aromatic rings. The highest BCUT2D eigenvalue weighted by Gasteiger charge is 2.40. The van der Waals surface area contributed by atoms with Crippen LogP contribution in [0.25, 0.3) is 0 Å². The van der Waals surface area contributed by atoms with Crippen LogP contribution in [-0.4, -0.2) is 18.7 Å². The summed E-state index contributed by atoms with van der Waals surface area (Å²) in [5.74, 6) is -0.286. The Morgan fingerprint density at radius 3 is 2.47 bits per heavy atom. The first kappa shape index (κ1) is 12.5. The van der Waals surface area contributed by atoms with Crippen LogP contribution < -0.4 is 10.1 Å². The maximum absolute atomic E-state index is 12.8. The number of alkyl halides is 3. The Balaban J connectivity index is 2.37. The van der Waals surface area contributed by atoms with E-state index in [1.807, 2.05) is 0 Å². The number of hydrogen-bond acceptors (Lipinski definition) is 2. The second-order valence-corrected chi connectivity index (χ2v) is 4.68. The van der Waals surface area contributed by atoms with E-state index in [0.29, 0.717) is 13.1 Å². The van der Waals surface area contributed by atoms with Gasteiger partial charge in [-0.3, -0.25) is 0 Å². The molecule has 0 radical (unpaired) electrons. The number of ether oxygens (including phenoxy) is 1. The summed E-state index contributed by atoms with van der Waals surface area (Å²) in [6.45, 7) is 2.76. The van der Waals surface area contributed by atoms with Crippen molar-refractivity contribution in [3.05, 3.63) is 28.8 Å². The molecule has 1 aliphatic heterocycles. The lowest BCUT2D eigenvalue weighted by Gasteiger charge is -2.40. The molecule has 17 heavy (non-hydrogen) atoms. The smallest absolute Gasteiger partial charge is 0.420 e. The first-order valence-electron chi connectivity index (χ1n) is 5.07. The average molecular weight is 266 g/mol. The molecule has 0 amide bonds. The molecule has 0 aromatic heterocycles. The third kappa shape index (κ3) is 2.50. The maximum Gasteiger partial charge on any atom is 0.420 e. The number of nitrogens with one attached hydrogen (secondary N) is 1. The molecule has 2 nitrogen and oxygen atoms in total. The quantitative estimate of drug-likeness (QED) is 0.887. The molecule has 1 saturated heterocycles. The van der Waals surface area contributed by atoms with Gasteiger partial charge in [0.1, 0.15) is 5.60 Å². The number of benzene rings is 1. The zero-order valence-corrected chi connectivity index (χ0v) is 9.82. The normalized spacial score (nSPS) is 18.6. The van der Waals surface area contributed by atoms with E-state index in [4.69, 9.17) is 16.3 Å². The molecular formula is C11H11ClF3NO. The van der Waals surface area contributed by atoms with E-state index in [-0.39, 0.29) is 10.8 Å². The number of rotatable bonds is 2. The molecule has 0 bridgehead atoms. The first-order valence-corrected chi connectivity index (χ1v) is 5.45.